The molecule has 5 rings (SSSR count). The number of carbonyl (C=O) groups is 1. The van der Waals surface area contributed by atoms with Gasteiger partial charge in [0.1, 0.15) is 0 Å². The van der Waals surface area contributed by atoms with Crippen molar-refractivity contribution in [1.82, 2.24) is 4.98 Å². The van der Waals surface area contributed by atoms with Gasteiger partial charge in [0.15, 0.2) is 0 Å². The minimum atomic E-state index is -4.90. The quantitative estimate of drug-likeness (QED) is 0.0766. The summed E-state index contributed by atoms with van der Waals surface area (Å²) in [5.41, 5.74) is 3.56. The van der Waals surface area contributed by atoms with E-state index in [0.29, 0.717) is 12.8 Å². The number of aliphatic hydroxyl groups excluding tert-OH is 1. The van der Waals surface area contributed by atoms with Crippen molar-refractivity contribution < 1.29 is 43.2 Å². The normalized spacial score (nSPS) is 12.5. The van der Waals surface area contributed by atoms with Gasteiger partial charge in [-0.05, 0) is 12.8 Å². The number of hydrogen-bond acceptors (Lipinski definition) is 4. The number of carbonyl (C=O) groups excluding carboxylic acids is 1. The second-order valence-electron chi connectivity index (χ2n) is 12.3. The Morgan fingerprint density at radius 1 is 0.978 bits per heavy atom. The van der Waals surface area contributed by atoms with E-state index >= 15 is 0 Å². The molecule has 0 atom stereocenters. The van der Waals surface area contributed by atoms with E-state index in [0.717, 1.165) is 20.6 Å². The van der Waals surface area contributed by atoms with Crippen LogP contribution in [0.1, 0.15) is 66.9 Å². The molecule has 0 unspecified atom stereocenters. The van der Waals surface area contributed by atoms with Crippen LogP contribution in [0.5, 0.6) is 0 Å². The minimum absolute atomic E-state index is 0. The van der Waals surface area contributed by atoms with Crippen LogP contribution in [0.2, 0.25) is 3.97 Å². The first-order valence-corrected chi connectivity index (χ1v) is 18.4. The van der Waals surface area contributed by atoms with Gasteiger partial charge in [-0.25, -0.2) is 0 Å². The monoisotopic (exact) mass is 941 g/mol. The van der Waals surface area contributed by atoms with Crippen LogP contribution in [-0.2, 0) is 30.3 Å². The number of fused-ring (bicyclic) bond motifs is 4. The predicted octanol–water partition coefficient (Wildman–Crippen LogP) is 10.5. The Kier molecular flexibility index (Phi) is 13.1. The molecular formula is C37H39F3IrNO2STe-. The maximum Gasteiger partial charge on any atom is 0.454 e. The van der Waals surface area contributed by atoms with Gasteiger partial charge in [-0.15, -0.1) is 0 Å². The largest absolute Gasteiger partial charge is 0.512 e. The van der Waals surface area contributed by atoms with E-state index in [1.54, 1.807) is 17.5 Å². The molecule has 0 fully saturated rings. The molecule has 0 saturated heterocycles. The summed E-state index contributed by atoms with van der Waals surface area (Å²) in [5, 5.41) is 14.3. The molecular weight excluding hydrogens is 899 g/mol. The number of halogens is 3. The molecule has 247 valence electrons. The molecule has 1 radical (unpaired) electrons. The van der Waals surface area contributed by atoms with E-state index in [1.807, 2.05) is 17.5 Å². The Balaban J connectivity index is 0.000000329. The van der Waals surface area contributed by atoms with Gasteiger partial charge in [-0.2, -0.15) is 13.2 Å². The molecule has 0 aliphatic rings. The zero-order valence-corrected chi connectivity index (χ0v) is 32.5. The van der Waals surface area contributed by atoms with Gasteiger partial charge in [-0.3, -0.25) is 4.79 Å². The fourth-order valence-electron chi connectivity index (χ4n) is 5.26. The maximum absolute atomic E-state index is 11.8. The third-order valence-corrected chi connectivity index (χ3v) is 12.2. The first kappa shape index (κ1) is 38.2. The number of aromatic nitrogens is 1. The molecule has 3 aromatic carbocycles. The number of pyridine rings is 1. The standard InChI is InChI=1S/C28H26NSTe.C9H13F3O2.Ir/c1-17(2)31-24-12-8-11-21-22-13-14-29-25(27(22)30-26(21)24)19-15-18-9-6-7-10-20(18)23(16-19)28(3,4)5;1-3-6(4-2)7(13)5-8(14)9(10,11)12;/h6-14,16-17H,1-5H3;5-6,13H,3-4H2,1-2H3;/q-1;;/b;7-5-;. The molecule has 9 heteroatoms. The van der Waals surface area contributed by atoms with Gasteiger partial charge in [0, 0.05) is 32.1 Å². The summed E-state index contributed by atoms with van der Waals surface area (Å²) in [6, 6.07) is 23.7. The number of thiophene rings is 1. The molecule has 3 nitrogen and oxygen atoms in total. The number of nitrogens with zero attached hydrogens (tertiary/aromatic N) is 1. The SMILES string of the molecule is CC(C)[Te]c1cccc2c1sc1c(-c3[c-]c4ccccc4c(C(C)(C)C)c3)nccc12.CCC(CC)/C(O)=C/C(=O)C(F)(F)F.[Ir]. The summed E-state index contributed by atoms with van der Waals surface area (Å²) < 4.78 is 40.4. The Labute approximate surface area is 297 Å². The second kappa shape index (κ2) is 15.8. The van der Waals surface area contributed by atoms with E-state index in [9.17, 15) is 23.1 Å². The van der Waals surface area contributed by atoms with Crippen molar-refractivity contribution in [3.05, 3.63) is 84.3 Å². The van der Waals surface area contributed by atoms with Crippen LogP contribution in [0.15, 0.2) is 72.6 Å². The van der Waals surface area contributed by atoms with Crippen LogP contribution in [-0.4, -0.2) is 43.0 Å². The average Bonchev–Trinajstić information content (AvgIpc) is 3.36. The molecule has 2 heterocycles. The van der Waals surface area contributed by atoms with Gasteiger partial charge >= 0.3 is 206 Å². The summed E-state index contributed by atoms with van der Waals surface area (Å²) in [4.78, 5) is 15.3. The van der Waals surface area contributed by atoms with Crippen LogP contribution in [0.25, 0.3) is 42.2 Å². The Hall–Kier alpha value is -2.27. The van der Waals surface area contributed by atoms with Gasteiger partial charge in [0.2, 0.25) is 0 Å². The van der Waals surface area contributed by atoms with Crippen LogP contribution >= 0.6 is 11.3 Å². The molecule has 0 aliphatic carbocycles. The number of rotatable bonds is 7. The first-order chi connectivity index (χ1) is 21.1. The molecule has 1 N–H and O–H groups in total. The number of hydrogen-bond donors (Lipinski definition) is 1. The summed E-state index contributed by atoms with van der Waals surface area (Å²) in [6.45, 7) is 15.0. The predicted molar refractivity (Wildman–Crippen MR) is 184 cm³/mol. The van der Waals surface area contributed by atoms with Crippen LogP contribution in [0, 0.1) is 12.0 Å². The van der Waals surface area contributed by atoms with Crippen molar-refractivity contribution in [3.63, 3.8) is 0 Å². The Morgan fingerprint density at radius 3 is 2.22 bits per heavy atom. The minimum Gasteiger partial charge on any atom is -0.512 e. The fraction of sp³-hybridized carbons (Fsp3) is 0.351. The third-order valence-electron chi connectivity index (χ3n) is 7.54. The second-order valence-corrected chi connectivity index (χ2v) is 17.9. The van der Waals surface area contributed by atoms with Crippen molar-refractivity contribution in [2.45, 2.75) is 76.9 Å². The molecule has 0 aliphatic heterocycles. The van der Waals surface area contributed by atoms with Crippen molar-refractivity contribution in [1.29, 1.82) is 0 Å². The first-order valence-electron chi connectivity index (χ1n) is 15.1. The van der Waals surface area contributed by atoms with E-state index in [-0.39, 0.29) is 58.4 Å². The number of alkyl halides is 3. The van der Waals surface area contributed by atoms with E-state index in [2.05, 4.69) is 95.3 Å². The molecule has 2 aromatic heterocycles. The van der Waals surface area contributed by atoms with Gasteiger partial charge in [0.05, 0.1) is 5.76 Å². The molecule has 5 aromatic rings. The maximum atomic E-state index is 11.8. The Bertz CT molecular complexity index is 1850. The van der Waals surface area contributed by atoms with Gasteiger partial charge < -0.3 is 5.11 Å². The summed E-state index contributed by atoms with van der Waals surface area (Å²) in [5.74, 6) is -2.87. The van der Waals surface area contributed by atoms with E-state index in [4.69, 9.17) is 4.98 Å². The molecule has 0 bridgehead atoms. The molecule has 0 saturated carbocycles. The molecule has 0 amide bonds. The van der Waals surface area contributed by atoms with Crippen LogP contribution < -0.4 is 3.61 Å². The summed E-state index contributed by atoms with van der Waals surface area (Å²) >= 11 is 1.72. The molecule has 46 heavy (non-hydrogen) atoms. The van der Waals surface area contributed by atoms with Crippen molar-refractivity contribution >= 4 is 72.6 Å². The van der Waals surface area contributed by atoms with Crippen molar-refractivity contribution in [2.24, 2.45) is 5.92 Å². The van der Waals surface area contributed by atoms with Crippen molar-refractivity contribution in [2.75, 3.05) is 0 Å². The zero-order valence-electron chi connectivity index (χ0n) is 27.0. The van der Waals surface area contributed by atoms with Gasteiger partial charge in [-0.1, -0.05) is 13.8 Å². The molecule has 0 spiro atoms. The van der Waals surface area contributed by atoms with Crippen LogP contribution in [0.4, 0.5) is 13.2 Å². The van der Waals surface area contributed by atoms with E-state index < -0.39 is 17.7 Å². The number of aliphatic hydroxyl groups is 1. The number of ketones is 1. The number of allylic oxidation sites excluding steroid dienone is 2. The topological polar surface area (TPSA) is 50.2 Å². The van der Waals surface area contributed by atoms with Crippen LogP contribution in [0.3, 0.4) is 0 Å². The van der Waals surface area contributed by atoms with Gasteiger partial charge in [0.25, 0.3) is 5.78 Å². The van der Waals surface area contributed by atoms with E-state index in [1.165, 1.54) is 31.1 Å². The Morgan fingerprint density at radius 2 is 1.61 bits per heavy atom. The fourth-order valence-corrected chi connectivity index (χ4v) is 9.66. The average molecular weight is 939 g/mol. The third kappa shape index (κ3) is 8.79. The number of benzene rings is 3. The summed E-state index contributed by atoms with van der Waals surface area (Å²) in [7, 11) is 0. The van der Waals surface area contributed by atoms with Crippen molar-refractivity contribution in [3.8, 4) is 11.3 Å². The smallest absolute Gasteiger partial charge is 0.454 e. The zero-order chi connectivity index (χ0) is 33.1. The summed E-state index contributed by atoms with van der Waals surface area (Å²) in [6.07, 6.45) is -1.67.